The molecule has 1 aliphatic rings. The average molecular weight is 441 g/mol. The Morgan fingerprint density at radius 3 is 2.44 bits per heavy atom. The topological polar surface area (TPSA) is 43.4 Å². The third-order valence-electron chi connectivity index (χ3n) is 5.75. The van der Waals surface area contributed by atoms with Crippen molar-refractivity contribution in [3.8, 4) is 0 Å². The molecule has 2 unspecified atom stereocenters. The van der Waals surface area contributed by atoms with E-state index in [9.17, 15) is 9.59 Å². The molecule has 0 spiro atoms. The van der Waals surface area contributed by atoms with Crippen molar-refractivity contribution in [2.75, 3.05) is 7.11 Å². The summed E-state index contributed by atoms with van der Waals surface area (Å²) in [4.78, 5) is 28.0. The fourth-order valence-electron chi connectivity index (χ4n) is 4.03. The van der Waals surface area contributed by atoms with Crippen molar-refractivity contribution in [1.29, 1.82) is 0 Å². The zero-order chi connectivity index (χ0) is 22.6. The number of esters is 1. The van der Waals surface area contributed by atoms with Crippen molar-refractivity contribution in [3.63, 3.8) is 0 Å². The summed E-state index contributed by atoms with van der Waals surface area (Å²) in [6.45, 7) is 2.04. The van der Waals surface area contributed by atoms with Crippen LogP contribution in [0.1, 0.15) is 38.7 Å². The number of Topliss-reactive ketones (excluding diaryl/α,β-unsaturated/α-hetero) is 1. The summed E-state index contributed by atoms with van der Waals surface area (Å²) in [6.07, 6.45) is 3.83. The van der Waals surface area contributed by atoms with Gasteiger partial charge in [-0.1, -0.05) is 78.4 Å². The van der Waals surface area contributed by atoms with Gasteiger partial charge in [0, 0.05) is 10.5 Å². The maximum Gasteiger partial charge on any atom is 0.321 e. The van der Waals surface area contributed by atoms with Crippen LogP contribution in [-0.4, -0.2) is 18.9 Å². The molecule has 2 atom stereocenters. The van der Waals surface area contributed by atoms with Crippen molar-refractivity contribution >= 4 is 29.6 Å². The second-order valence-electron chi connectivity index (χ2n) is 7.83. The van der Waals surface area contributed by atoms with E-state index in [4.69, 9.17) is 4.74 Å². The molecule has 1 aliphatic heterocycles. The monoisotopic (exact) mass is 440 g/mol. The Morgan fingerprint density at radius 1 is 1.03 bits per heavy atom. The van der Waals surface area contributed by atoms with Gasteiger partial charge in [-0.15, -0.1) is 17.5 Å². The number of aryl methyl sites for hydroxylation is 1. The van der Waals surface area contributed by atoms with Gasteiger partial charge in [0.05, 0.1) is 12.4 Å². The standard InChI is InChI=1S/C28H24O3S/c1-20-15-17-21(18-16-20)10-8-9-19-28(27(30)31-2)25(29)23-13-6-7-14-24(23)32-26(28)22-11-4-3-5-12-22/h3-7,9-18,26H,19H2,1-2H3. The first kappa shape index (κ1) is 21.9. The van der Waals surface area contributed by atoms with Crippen LogP contribution in [0, 0.1) is 12.3 Å². The highest BCUT2D eigenvalue weighted by atomic mass is 32.2. The van der Waals surface area contributed by atoms with E-state index in [1.165, 1.54) is 12.7 Å². The summed E-state index contributed by atoms with van der Waals surface area (Å²) in [5.41, 5.74) is 5.47. The lowest BCUT2D eigenvalue weighted by atomic mass is 9.72. The van der Waals surface area contributed by atoms with Gasteiger partial charge in [0.15, 0.2) is 11.2 Å². The first-order valence-electron chi connectivity index (χ1n) is 10.5. The van der Waals surface area contributed by atoms with Gasteiger partial charge in [0.2, 0.25) is 0 Å². The highest BCUT2D eigenvalue weighted by molar-refractivity contribution is 7.99. The normalized spacial score (nSPS) is 19.4. The van der Waals surface area contributed by atoms with E-state index in [0.29, 0.717) is 5.56 Å². The molecule has 0 aromatic heterocycles. The first-order valence-corrected chi connectivity index (χ1v) is 11.4. The lowest BCUT2D eigenvalue weighted by Gasteiger charge is -2.40. The van der Waals surface area contributed by atoms with Crippen LogP contribution in [0.25, 0.3) is 6.08 Å². The molecule has 3 aromatic carbocycles. The summed E-state index contributed by atoms with van der Waals surface area (Å²) < 4.78 is 5.23. The Balaban J connectivity index is 1.80. The molecule has 4 heteroatoms. The van der Waals surface area contributed by atoms with Crippen molar-refractivity contribution in [3.05, 3.63) is 113 Å². The van der Waals surface area contributed by atoms with E-state index in [0.717, 1.165) is 16.0 Å². The van der Waals surface area contributed by atoms with Gasteiger partial charge in [-0.3, -0.25) is 9.59 Å². The van der Waals surface area contributed by atoms with Crippen LogP contribution < -0.4 is 0 Å². The minimum atomic E-state index is -1.37. The zero-order valence-electron chi connectivity index (χ0n) is 18.1. The number of carbonyl (C=O) groups excluding carboxylic acids is 2. The van der Waals surface area contributed by atoms with Crippen LogP contribution in [0.3, 0.4) is 0 Å². The first-order chi connectivity index (χ1) is 15.6. The van der Waals surface area contributed by atoms with E-state index in [1.54, 1.807) is 23.9 Å². The van der Waals surface area contributed by atoms with E-state index in [2.05, 4.69) is 5.73 Å². The Labute approximate surface area is 192 Å². The molecule has 0 aliphatic carbocycles. The summed E-state index contributed by atoms with van der Waals surface area (Å²) in [5, 5.41) is -0.407. The lowest BCUT2D eigenvalue weighted by molar-refractivity contribution is -0.149. The van der Waals surface area contributed by atoms with Crippen LogP contribution in [0.2, 0.25) is 0 Å². The fraction of sp³-hybridized carbons (Fsp3) is 0.179. The number of ketones is 1. The van der Waals surface area contributed by atoms with Gasteiger partial charge >= 0.3 is 5.97 Å². The summed E-state index contributed by atoms with van der Waals surface area (Å²) in [5.74, 6) is -0.729. The highest BCUT2D eigenvalue weighted by Gasteiger charge is 2.56. The van der Waals surface area contributed by atoms with E-state index < -0.39 is 16.6 Å². The number of allylic oxidation sites excluding steroid dienone is 1. The molecule has 0 amide bonds. The van der Waals surface area contributed by atoms with Crippen LogP contribution in [0.4, 0.5) is 0 Å². The van der Waals surface area contributed by atoms with Gasteiger partial charge in [-0.05, 0) is 42.7 Å². The molecule has 3 nitrogen and oxygen atoms in total. The van der Waals surface area contributed by atoms with Crippen LogP contribution >= 0.6 is 11.8 Å². The smallest absolute Gasteiger partial charge is 0.321 e. The van der Waals surface area contributed by atoms with Gasteiger partial charge in [-0.25, -0.2) is 0 Å². The SMILES string of the molecule is COC(=O)C1(CC=C=Cc2ccc(C)cc2)C(=O)c2ccccc2SC1c1ccccc1. The predicted octanol–water partition coefficient (Wildman–Crippen LogP) is 6.44. The number of hydrogen-bond donors (Lipinski definition) is 0. The minimum Gasteiger partial charge on any atom is -0.468 e. The number of hydrogen-bond acceptors (Lipinski definition) is 4. The van der Waals surface area contributed by atoms with Gasteiger partial charge in [0.25, 0.3) is 0 Å². The Kier molecular flexibility index (Phi) is 6.45. The number of fused-ring (bicyclic) bond motifs is 1. The molecule has 3 aromatic rings. The highest BCUT2D eigenvalue weighted by Crippen LogP contribution is 2.56. The number of methoxy groups -OCH3 is 1. The van der Waals surface area contributed by atoms with Crippen molar-refractivity contribution in [2.24, 2.45) is 5.41 Å². The molecule has 0 saturated carbocycles. The van der Waals surface area contributed by atoms with Crippen molar-refractivity contribution in [1.82, 2.24) is 0 Å². The quantitative estimate of drug-likeness (QED) is 0.260. The number of carbonyl (C=O) groups is 2. The number of thioether (sulfide) groups is 1. The molecule has 1 heterocycles. The van der Waals surface area contributed by atoms with E-state index in [1.807, 2.05) is 85.8 Å². The maximum atomic E-state index is 13.9. The summed E-state index contributed by atoms with van der Waals surface area (Å²) in [7, 11) is 1.34. The van der Waals surface area contributed by atoms with E-state index >= 15 is 0 Å². The van der Waals surface area contributed by atoms with Crippen LogP contribution in [-0.2, 0) is 9.53 Å². The molecule has 4 rings (SSSR count). The molecular weight excluding hydrogens is 416 g/mol. The molecule has 0 saturated heterocycles. The average Bonchev–Trinajstić information content (AvgIpc) is 2.84. The Bertz CT molecular complexity index is 1190. The number of ether oxygens (including phenoxy) is 1. The van der Waals surface area contributed by atoms with Crippen molar-refractivity contribution < 1.29 is 14.3 Å². The molecule has 0 N–H and O–H groups in total. The summed E-state index contributed by atoms with van der Waals surface area (Å²) >= 11 is 1.54. The maximum absolute atomic E-state index is 13.9. The molecule has 0 bridgehead atoms. The predicted molar refractivity (Wildman–Crippen MR) is 129 cm³/mol. The molecule has 0 radical (unpaired) electrons. The van der Waals surface area contributed by atoms with Crippen LogP contribution in [0.5, 0.6) is 0 Å². The van der Waals surface area contributed by atoms with Gasteiger partial charge < -0.3 is 4.74 Å². The second kappa shape index (κ2) is 9.44. The fourth-order valence-corrected chi connectivity index (χ4v) is 5.52. The Hall–Kier alpha value is -3.33. The Morgan fingerprint density at radius 2 is 1.72 bits per heavy atom. The minimum absolute atomic E-state index is 0.196. The second-order valence-corrected chi connectivity index (χ2v) is 8.97. The van der Waals surface area contributed by atoms with Gasteiger partial charge in [-0.2, -0.15) is 0 Å². The molecular formula is C28H24O3S. The van der Waals surface area contributed by atoms with Crippen LogP contribution in [0.15, 0.2) is 95.6 Å². The third-order valence-corrected chi connectivity index (χ3v) is 7.27. The zero-order valence-corrected chi connectivity index (χ0v) is 18.9. The summed E-state index contributed by atoms with van der Waals surface area (Å²) in [6, 6.07) is 25.3. The molecule has 160 valence electrons. The molecule has 32 heavy (non-hydrogen) atoms. The number of rotatable bonds is 5. The van der Waals surface area contributed by atoms with Crippen molar-refractivity contribution in [2.45, 2.75) is 23.5 Å². The third kappa shape index (κ3) is 4.08. The molecule has 0 fully saturated rings. The van der Waals surface area contributed by atoms with Gasteiger partial charge in [0.1, 0.15) is 0 Å². The lowest BCUT2D eigenvalue weighted by Crippen LogP contribution is -2.46. The number of benzene rings is 3. The largest absolute Gasteiger partial charge is 0.468 e. The van der Waals surface area contributed by atoms with E-state index in [-0.39, 0.29) is 12.2 Å².